The van der Waals surface area contributed by atoms with Gasteiger partial charge in [-0.1, -0.05) is 83.5 Å². The molecule has 4 aromatic carbocycles. The number of hydrogen-bond donors (Lipinski definition) is 0. The Bertz CT molecular complexity index is 1530. The Kier molecular flexibility index (Phi) is 5.84. The van der Waals surface area contributed by atoms with Crippen LogP contribution in [0.3, 0.4) is 0 Å². The lowest BCUT2D eigenvalue weighted by Gasteiger charge is -2.19. The Morgan fingerprint density at radius 2 is 1.11 bits per heavy atom. The van der Waals surface area contributed by atoms with Gasteiger partial charge < -0.3 is 4.57 Å². The Balaban J connectivity index is 1.86. The zero-order chi connectivity index (χ0) is 26.0. The maximum atomic E-state index is 6.78. The average molecular weight is 494 g/mol. The molecule has 1 aromatic heterocycles. The third-order valence-electron chi connectivity index (χ3n) is 7.41. The molecule has 0 aliphatic heterocycles. The molecule has 0 aliphatic carbocycles. The fourth-order valence-corrected chi connectivity index (χ4v) is 5.58. The molecule has 0 spiro atoms. The van der Waals surface area contributed by atoms with Crippen molar-refractivity contribution in [2.45, 2.75) is 66.2 Å². The van der Waals surface area contributed by atoms with Crippen molar-refractivity contribution in [2.75, 3.05) is 0 Å². The maximum absolute atomic E-state index is 6.78. The number of benzene rings is 4. The summed E-state index contributed by atoms with van der Waals surface area (Å²) in [6.45, 7) is 18.0. The third-order valence-corrected chi connectivity index (χ3v) is 7.63. The summed E-state index contributed by atoms with van der Waals surface area (Å²) in [5.74, 6) is 0. The highest BCUT2D eigenvalue weighted by atomic mass is 35.5. The topological polar surface area (TPSA) is 4.93 Å². The van der Waals surface area contributed by atoms with Crippen LogP contribution < -0.4 is 0 Å². The van der Waals surface area contributed by atoms with Crippen molar-refractivity contribution in [2.24, 2.45) is 0 Å². The number of aryl methyl sites for hydroxylation is 2. The van der Waals surface area contributed by atoms with Crippen LogP contribution in [0, 0.1) is 13.8 Å². The van der Waals surface area contributed by atoms with Crippen LogP contribution in [0.5, 0.6) is 0 Å². The number of fused-ring (bicyclic) bond motifs is 3. The van der Waals surface area contributed by atoms with Gasteiger partial charge in [0, 0.05) is 21.5 Å². The molecule has 0 saturated carbocycles. The van der Waals surface area contributed by atoms with E-state index in [9.17, 15) is 0 Å². The van der Waals surface area contributed by atoms with E-state index in [1.165, 1.54) is 49.6 Å². The third kappa shape index (κ3) is 4.24. The number of aromatic nitrogens is 1. The fraction of sp³-hybridized carbons (Fsp3) is 0.294. The van der Waals surface area contributed by atoms with E-state index in [0.717, 1.165) is 16.3 Å². The van der Waals surface area contributed by atoms with E-state index < -0.39 is 0 Å². The molecule has 0 amide bonds. The van der Waals surface area contributed by atoms with Gasteiger partial charge >= 0.3 is 0 Å². The van der Waals surface area contributed by atoms with Crippen LogP contribution >= 0.6 is 11.6 Å². The van der Waals surface area contributed by atoms with Crippen molar-refractivity contribution >= 4 is 33.4 Å². The summed E-state index contributed by atoms with van der Waals surface area (Å²) in [7, 11) is 0. The summed E-state index contributed by atoms with van der Waals surface area (Å²) >= 11 is 6.78. The van der Waals surface area contributed by atoms with Gasteiger partial charge in [-0.2, -0.15) is 0 Å². The minimum Gasteiger partial charge on any atom is -0.309 e. The highest BCUT2D eigenvalue weighted by Gasteiger charge is 2.21. The monoisotopic (exact) mass is 493 g/mol. The second kappa shape index (κ2) is 8.53. The second-order valence-electron chi connectivity index (χ2n) is 12.3. The number of nitrogens with zero attached hydrogens (tertiary/aromatic N) is 1. The van der Waals surface area contributed by atoms with Gasteiger partial charge in [-0.25, -0.2) is 0 Å². The van der Waals surface area contributed by atoms with Gasteiger partial charge in [-0.05, 0) is 101 Å². The number of hydrogen-bond acceptors (Lipinski definition) is 0. The van der Waals surface area contributed by atoms with Crippen molar-refractivity contribution in [3.8, 4) is 16.8 Å². The molecule has 0 saturated heterocycles. The molecule has 0 atom stereocenters. The summed E-state index contributed by atoms with van der Waals surface area (Å²) in [4.78, 5) is 0. The maximum Gasteiger partial charge on any atom is 0.0541 e. The van der Waals surface area contributed by atoms with Crippen LogP contribution in [-0.4, -0.2) is 4.57 Å². The standard InChI is InChI=1S/C34H36ClN/c1-21-10-9-11-22(2)32(21)23-16-26(35)20-27(17-23)36-30-14-12-24(33(3,4)5)18-28(30)29-19-25(34(6,7)8)13-15-31(29)36/h9-20H,1-8H3. The lowest BCUT2D eigenvalue weighted by atomic mass is 9.85. The minimum absolute atomic E-state index is 0.0792. The van der Waals surface area contributed by atoms with Gasteiger partial charge in [0.15, 0.2) is 0 Å². The molecule has 2 heteroatoms. The Labute approximate surface area is 220 Å². The minimum atomic E-state index is 0.0792. The molecule has 36 heavy (non-hydrogen) atoms. The highest BCUT2D eigenvalue weighted by molar-refractivity contribution is 6.31. The Morgan fingerprint density at radius 3 is 1.58 bits per heavy atom. The van der Waals surface area contributed by atoms with Gasteiger partial charge in [0.25, 0.3) is 0 Å². The van der Waals surface area contributed by atoms with E-state index in [1.54, 1.807) is 0 Å². The van der Waals surface area contributed by atoms with Crippen LogP contribution in [0.1, 0.15) is 63.8 Å². The molecular weight excluding hydrogens is 458 g/mol. The summed E-state index contributed by atoms with van der Waals surface area (Å²) in [6.07, 6.45) is 0. The molecule has 0 N–H and O–H groups in total. The molecular formula is C34H36ClN. The van der Waals surface area contributed by atoms with Gasteiger partial charge in [0.2, 0.25) is 0 Å². The van der Waals surface area contributed by atoms with Gasteiger partial charge in [0.05, 0.1) is 11.0 Å². The first-order valence-electron chi connectivity index (χ1n) is 12.8. The largest absolute Gasteiger partial charge is 0.309 e. The van der Waals surface area contributed by atoms with E-state index >= 15 is 0 Å². The first-order valence-corrected chi connectivity index (χ1v) is 13.2. The second-order valence-corrected chi connectivity index (χ2v) is 12.7. The van der Waals surface area contributed by atoms with Crippen molar-refractivity contribution in [1.29, 1.82) is 0 Å². The van der Waals surface area contributed by atoms with Gasteiger partial charge in [0.1, 0.15) is 0 Å². The zero-order valence-electron chi connectivity index (χ0n) is 22.8. The fourth-order valence-electron chi connectivity index (χ4n) is 5.35. The van der Waals surface area contributed by atoms with Crippen LogP contribution in [0.4, 0.5) is 0 Å². The molecule has 1 heterocycles. The number of rotatable bonds is 2. The van der Waals surface area contributed by atoms with E-state index in [1.807, 2.05) is 0 Å². The van der Waals surface area contributed by atoms with Crippen molar-refractivity contribution in [1.82, 2.24) is 4.57 Å². The first kappa shape index (κ1) is 24.7. The van der Waals surface area contributed by atoms with E-state index in [2.05, 4.69) is 133 Å². The van der Waals surface area contributed by atoms with Crippen molar-refractivity contribution < 1.29 is 0 Å². The predicted molar refractivity (Wildman–Crippen MR) is 158 cm³/mol. The summed E-state index contributed by atoms with van der Waals surface area (Å²) in [5.41, 5.74) is 11.3. The normalized spacial score (nSPS) is 12.6. The lowest BCUT2D eigenvalue weighted by Crippen LogP contribution is -2.10. The van der Waals surface area contributed by atoms with Crippen LogP contribution in [0.15, 0.2) is 72.8 Å². The SMILES string of the molecule is Cc1cccc(C)c1-c1cc(Cl)cc(-n2c3ccc(C(C)(C)C)cc3c3cc(C(C)(C)C)ccc32)c1. The quantitative estimate of drug-likeness (QED) is 0.230. The molecule has 184 valence electrons. The van der Waals surface area contributed by atoms with Crippen LogP contribution in [0.25, 0.3) is 38.6 Å². The van der Waals surface area contributed by atoms with E-state index in [0.29, 0.717) is 0 Å². The van der Waals surface area contributed by atoms with Crippen LogP contribution in [0.2, 0.25) is 5.02 Å². The van der Waals surface area contributed by atoms with E-state index in [-0.39, 0.29) is 10.8 Å². The predicted octanol–water partition coefficient (Wildman–Crippen LogP) is 10.3. The molecule has 0 bridgehead atoms. The zero-order valence-corrected chi connectivity index (χ0v) is 23.5. The Hall–Kier alpha value is -3.03. The average Bonchev–Trinajstić information content (AvgIpc) is 3.10. The Morgan fingerprint density at radius 1 is 0.611 bits per heavy atom. The molecule has 5 aromatic rings. The van der Waals surface area contributed by atoms with E-state index in [4.69, 9.17) is 11.6 Å². The molecule has 0 unspecified atom stereocenters. The summed E-state index contributed by atoms with van der Waals surface area (Å²) < 4.78 is 2.38. The molecule has 1 nitrogen and oxygen atoms in total. The van der Waals surface area contributed by atoms with Crippen LogP contribution in [-0.2, 0) is 10.8 Å². The summed E-state index contributed by atoms with van der Waals surface area (Å²) in [6, 6.07) is 26.8. The molecule has 0 radical (unpaired) electrons. The molecule has 0 fully saturated rings. The van der Waals surface area contributed by atoms with Gasteiger partial charge in [-0.3, -0.25) is 0 Å². The molecule has 5 rings (SSSR count). The lowest BCUT2D eigenvalue weighted by molar-refractivity contribution is 0.590. The summed E-state index contributed by atoms with van der Waals surface area (Å²) in [5, 5.41) is 3.33. The van der Waals surface area contributed by atoms with Crippen molar-refractivity contribution in [3.63, 3.8) is 0 Å². The van der Waals surface area contributed by atoms with Gasteiger partial charge in [-0.15, -0.1) is 0 Å². The first-order chi connectivity index (χ1) is 16.8. The highest BCUT2D eigenvalue weighted by Crippen LogP contribution is 2.39. The van der Waals surface area contributed by atoms with Crippen molar-refractivity contribution in [3.05, 3.63) is 100 Å². The smallest absolute Gasteiger partial charge is 0.0541 e. The number of halogens is 1. The molecule has 0 aliphatic rings.